The fourth-order valence-corrected chi connectivity index (χ4v) is 3.66. The van der Waals surface area contributed by atoms with Gasteiger partial charge in [0.25, 0.3) is 0 Å². The lowest BCUT2D eigenvalue weighted by Crippen LogP contribution is -2.32. The van der Waals surface area contributed by atoms with Crippen LogP contribution in [0.25, 0.3) is 11.0 Å². The number of H-pyrrole nitrogens is 1. The number of rotatable bonds is 3. The van der Waals surface area contributed by atoms with Gasteiger partial charge in [0.15, 0.2) is 0 Å². The van der Waals surface area contributed by atoms with Crippen LogP contribution in [0, 0.1) is 5.82 Å². The number of amides is 1. The van der Waals surface area contributed by atoms with E-state index in [1.165, 1.54) is 6.07 Å². The van der Waals surface area contributed by atoms with Gasteiger partial charge < -0.3 is 9.88 Å². The Morgan fingerprint density at radius 3 is 2.92 bits per heavy atom. The summed E-state index contributed by atoms with van der Waals surface area (Å²) in [6, 6.07) is 12.2. The first kappa shape index (κ1) is 16.1. The quantitative estimate of drug-likeness (QED) is 0.761. The number of nitrogens with zero attached hydrogens (tertiary/aromatic N) is 2. The number of likely N-dealkylation sites (tertiary alicyclic amines) is 1. The summed E-state index contributed by atoms with van der Waals surface area (Å²) in [5, 5.41) is 0.285. The molecule has 1 atom stereocenters. The van der Waals surface area contributed by atoms with Crippen LogP contribution in [-0.4, -0.2) is 27.3 Å². The summed E-state index contributed by atoms with van der Waals surface area (Å²) in [7, 11) is 0. The topological polar surface area (TPSA) is 49.0 Å². The number of benzene rings is 2. The minimum absolute atomic E-state index is 0.0394. The van der Waals surface area contributed by atoms with Gasteiger partial charge in [-0.2, -0.15) is 0 Å². The van der Waals surface area contributed by atoms with Crippen molar-refractivity contribution in [3.05, 3.63) is 64.7 Å². The molecule has 0 radical (unpaired) electrons. The highest BCUT2D eigenvalue weighted by atomic mass is 35.5. The molecule has 1 aromatic heterocycles. The average Bonchev–Trinajstić information content (AvgIpc) is 3.24. The molecule has 0 saturated carbocycles. The van der Waals surface area contributed by atoms with Crippen molar-refractivity contribution < 1.29 is 9.18 Å². The maximum absolute atomic E-state index is 14.0. The van der Waals surface area contributed by atoms with Crippen LogP contribution in [0.5, 0.6) is 0 Å². The van der Waals surface area contributed by atoms with Gasteiger partial charge in [0.2, 0.25) is 5.91 Å². The van der Waals surface area contributed by atoms with Gasteiger partial charge in [-0.25, -0.2) is 9.37 Å². The first-order valence-corrected chi connectivity index (χ1v) is 8.68. The molecule has 1 amide bonds. The van der Waals surface area contributed by atoms with Crippen LogP contribution in [0.2, 0.25) is 5.02 Å². The summed E-state index contributed by atoms with van der Waals surface area (Å²) in [5.41, 5.74) is 2.09. The number of aromatic nitrogens is 2. The van der Waals surface area contributed by atoms with Crippen molar-refractivity contribution in [3.63, 3.8) is 0 Å². The molecule has 0 unspecified atom stereocenters. The summed E-state index contributed by atoms with van der Waals surface area (Å²) in [6.45, 7) is 0.645. The van der Waals surface area contributed by atoms with Crippen LogP contribution in [0.4, 0.5) is 4.39 Å². The summed E-state index contributed by atoms with van der Waals surface area (Å²) < 4.78 is 14.0. The van der Waals surface area contributed by atoms with E-state index in [0.29, 0.717) is 6.54 Å². The fourth-order valence-electron chi connectivity index (χ4n) is 3.43. The minimum atomic E-state index is -0.444. The monoisotopic (exact) mass is 357 g/mol. The van der Waals surface area contributed by atoms with Gasteiger partial charge in [-0.1, -0.05) is 29.8 Å². The van der Waals surface area contributed by atoms with Crippen molar-refractivity contribution in [2.24, 2.45) is 0 Å². The maximum Gasteiger partial charge on any atom is 0.227 e. The standard InChI is InChI=1S/C19H17ClFN3O/c20-13-5-3-6-14(21)12(13)11-18(25)24-10-4-9-17(24)19-22-15-7-1-2-8-16(15)23-19/h1-3,5-8,17H,4,9-11H2,(H,22,23)/t17-/m1/s1. The highest BCUT2D eigenvalue weighted by Gasteiger charge is 2.32. The summed E-state index contributed by atoms with van der Waals surface area (Å²) >= 11 is 6.06. The van der Waals surface area contributed by atoms with Gasteiger partial charge in [-0.05, 0) is 37.1 Å². The molecule has 25 heavy (non-hydrogen) atoms. The molecule has 1 saturated heterocycles. The Bertz CT molecular complexity index is 886. The number of hydrogen-bond donors (Lipinski definition) is 1. The molecule has 0 bridgehead atoms. The molecular formula is C19H17ClFN3O. The Morgan fingerprint density at radius 1 is 1.28 bits per heavy atom. The minimum Gasteiger partial charge on any atom is -0.340 e. The number of nitrogens with one attached hydrogen (secondary N) is 1. The molecule has 6 heteroatoms. The van der Waals surface area contributed by atoms with Crippen LogP contribution in [0.15, 0.2) is 42.5 Å². The highest BCUT2D eigenvalue weighted by Crippen LogP contribution is 2.32. The predicted molar refractivity (Wildman–Crippen MR) is 94.9 cm³/mol. The molecule has 128 valence electrons. The summed E-state index contributed by atoms with van der Waals surface area (Å²) in [5.74, 6) is 0.210. The Morgan fingerprint density at radius 2 is 2.12 bits per heavy atom. The van der Waals surface area contributed by atoms with Gasteiger partial charge in [-0.15, -0.1) is 0 Å². The molecule has 2 heterocycles. The van der Waals surface area contributed by atoms with E-state index in [1.54, 1.807) is 17.0 Å². The molecule has 0 spiro atoms. The third kappa shape index (κ3) is 3.00. The van der Waals surface area contributed by atoms with Crippen LogP contribution in [0.1, 0.15) is 30.3 Å². The summed E-state index contributed by atoms with van der Waals surface area (Å²) in [6.07, 6.45) is 1.71. The fraction of sp³-hybridized carbons (Fsp3) is 0.263. The number of para-hydroxylation sites is 2. The first-order chi connectivity index (χ1) is 12.1. The third-order valence-corrected chi connectivity index (χ3v) is 5.04. The van der Waals surface area contributed by atoms with E-state index in [4.69, 9.17) is 11.6 Å². The van der Waals surface area contributed by atoms with Crippen LogP contribution in [0.3, 0.4) is 0 Å². The molecule has 1 fully saturated rings. The largest absolute Gasteiger partial charge is 0.340 e. The van der Waals surface area contributed by atoms with Gasteiger partial charge in [0.05, 0.1) is 23.5 Å². The second-order valence-electron chi connectivity index (χ2n) is 6.26. The van der Waals surface area contributed by atoms with Crippen LogP contribution >= 0.6 is 11.6 Å². The zero-order valence-electron chi connectivity index (χ0n) is 13.5. The lowest BCUT2D eigenvalue weighted by molar-refractivity contribution is -0.131. The van der Waals surface area contributed by atoms with E-state index in [2.05, 4.69) is 9.97 Å². The summed E-state index contributed by atoms with van der Waals surface area (Å²) in [4.78, 5) is 22.5. The number of carbonyl (C=O) groups is 1. The average molecular weight is 358 g/mol. The molecule has 1 aliphatic heterocycles. The van der Waals surface area contributed by atoms with Crippen molar-refractivity contribution in [1.82, 2.24) is 14.9 Å². The number of carbonyl (C=O) groups excluding carboxylic acids is 1. The number of halogens is 2. The number of fused-ring (bicyclic) bond motifs is 1. The number of hydrogen-bond acceptors (Lipinski definition) is 2. The number of imidazole rings is 1. The third-order valence-electron chi connectivity index (χ3n) is 4.69. The Labute approximate surface area is 149 Å². The second kappa shape index (κ2) is 6.48. The van der Waals surface area contributed by atoms with Gasteiger partial charge in [-0.3, -0.25) is 4.79 Å². The molecule has 4 nitrogen and oxygen atoms in total. The van der Waals surface area contributed by atoms with Crippen molar-refractivity contribution in [1.29, 1.82) is 0 Å². The SMILES string of the molecule is O=C(Cc1c(F)cccc1Cl)N1CCC[C@@H]1c1nc2ccccc2[nH]1. The molecule has 4 rings (SSSR count). The van der Waals surface area contributed by atoms with Crippen molar-refractivity contribution in [2.45, 2.75) is 25.3 Å². The Kier molecular flexibility index (Phi) is 4.17. The highest BCUT2D eigenvalue weighted by molar-refractivity contribution is 6.31. The molecule has 1 aliphatic rings. The first-order valence-electron chi connectivity index (χ1n) is 8.30. The smallest absolute Gasteiger partial charge is 0.227 e. The molecule has 0 aliphatic carbocycles. The van der Waals surface area contributed by atoms with Crippen LogP contribution < -0.4 is 0 Å². The van der Waals surface area contributed by atoms with Crippen molar-refractivity contribution in [3.8, 4) is 0 Å². The normalized spacial score (nSPS) is 17.4. The van der Waals surface area contributed by atoms with E-state index in [1.807, 2.05) is 24.3 Å². The molecular weight excluding hydrogens is 341 g/mol. The van der Waals surface area contributed by atoms with Gasteiger partial charge in [0, 0.05) is 17.1 Å². The number of aromatic amines is 1. The Balaban J connectivity index is 1.59. The molecule has 3 aromatic rings. The molecule has 2 aromatic carbocycles. The predicted octanol–water partition coefficient (Wildman–Crippen LogP) is 4.26. The van der Waals surface area contributed by atoms with E-state index in [9.17, 15) is 9.18 Å². The maximum atomic E-state index is 14.0. The van der Waals surface area contributed by atoms with Gasteiger partial charge in [0.1, 0.15) is 11.6 Å². The van der Waals surface area contributed by atoms with E-state index in [-0.39, 0.29) is 29.0 Å². The van der Waals surface area contributed by atoms with E-state index >= 15 is 0 Å². The zero-order valence-corrected chi connectivity index (χ0v) is 14.3. The van der Waals surface area contributed by atoms with E-state index in [0.717, 1.165) is 29.7 Å². The molecule has 1 N–H and O–H groups in total. The van der Waals surface area contributed by atoms with Crippen LogP contribution in [-0.2, 0) is 11.2 Å². The van der Waals surface area contributed by atoms with Crippen molar-refractivity contribution in [2.75, 3.05) is 6.54 Å². The lowest BCUT2D eigenvalue weighted by atomic mass is 10.1. The second-order valence-corrected chi connectivity index (χ2v) is 6.67. The van der Waals surface area contributed by atoms with Crippen molar-refractivity contribution >= 4 is 28.5 Å². The zero-order chi connectivity index (χ0) is 17.4. The Hall–Kier alpha value is -2.40. The van der Waals surface area contributed by atoms with Gasteiger partial charge >= 0.3 is 0 Å². The van der Waals surface area contributed by atoms with E-state index < -0.39 is 5.82 Å². The lowest BCUT2D eigenvalue weighted by Gasteiger charge is -2.23.